The van der Waals surface area contributed by atoms with E-state index < -0.39 is 0 Å². The van der Waals surface area contributed by atoms with E-state index in [1.165, 1.54) is 0 Å². The molecule has 1 amide bonds. The molecule has 2 unspecified atom stereocenters. The number of hydrogen-bond donors (Lipinski definition) is 1. The van der Waals surface area contributed by atoms with Crippen molar-refractivity contribution in [1.82, 2.24) is 4.90 Å². The van der Waals surface area contributed by atoms with Crippen LogP contribution < -0.4 is 0 Å². The Hall–Kier alpha value is -0.570. The van der Waals surface area contributed by atoms with Crippen LogP contribution in [-0.4, -0.2) is 35.6 Å². The maximum atomic E-state index is 12.2. The number of rotatable bonds is 4. The molecule has 1 heterocycles. The summed E-state index contributed by atoms with van der Waals surface area (Å²) in [6.45, 7) is 10.6. The molecule has 0 spiro atoms. The SMILES string of the molecule is CC(CC(=O)N1CCCC(CO)C1)CC(C)(C)C. The third kappa shape index (κ3) is 5.38. The van der Waals surface area contributed by atoms with E-state index in [0.717, 1.165) is 32.4 Å². The van der Waals surface area contributed by atoms with E-state index in [1.807, 2.05) is 4.90 Å². The van der Waals surface area contributed by atoms with Crippen molar-refractivity contribution in [3.8, 4) is 0 Å². The van der Waals surface area contributed by atoms with Crippen LogP contribution in [0.2, 0.25) is 0 Å². The molecule has 106 valence electrons. The first-order valence-corrected chi connectivity index (χ1v) is 7.20. The van der Waals surface area contributed by atoms with Gasteiger partial charge in [0.1, 0.15) is 0 Å². The summed E-state index contributed by atoms with van der Waals surface area (Å²) in [7, 11) is 0. The smallest absolute Gasteiger partial charge is 0.222 e. The molecule has 0 aromatic rings. The molecule has 1 saturated heterocycles. The highest BCUT2D eigenvalue weighted by molar-refractivity contribution is 5.76. The van der Waals surface area contributed by atoms with Crippen LogP contribution >= 0.6 is 0 Å². The van der Waals surface area contributed by atoms with Crippen molar-refractivity contribution in [3.05, 3.63) is 0 Å². The van der Waals surface area contributed by atoms with Crippen LogP contribution in [0.1, 0.15) is 53.4 Å². The predicted octanol–water partition coefficient (Wildman–Crippen LogP) is 2.68. The van der Waals surface area contributed by atoms with Gasteiger partial charge in [-0.15, -0.1) is 0 Å². The summed E-state index contributed by atoms with van der Waals surface area (Å²) >= 11 is 0. The maximum Gasteiger partial charge on any atom is 0.222 e. The average Bonchev–Trinajstić information content (AvgIpc) is 2.26. The highest BCUT2D eigenvalue weighted by Crippen LogP contribution is 2.27. The number of likely N-dealkylation sites (tertiary alicyclic amines) is 1. The molecule has 1 rings (SSSR count). The van der Waals surface area contributed by atoms with Crippen molar-refractivity contribution in [2.45, 2.75) is 53.4 Å². The van der Waals surface area contributed by atoms with E-state index in [9.17, 15) is 9.90 Å². The Morgan fingerprint density at radius 1 is 1.44 bits per heavy atom. The van der Waals surface area contributed by atoms with Gasteiger partial charge in [0.05, 0.1) is 0 Å². The topological polar surface area (TPSA) is 40.5 Å². The van der Waals surface area contributed by atoms with Gasteiger partial charge in [-0.2, -0.15) is 0 Å². The molecule has 3 heteroatoms. The Bertz CT molecular complexity index is 270. The monoisotopic (exact) mass is 255 g/mol. The zero-order valence-electron chi connectivity index (χ0n) is 12.4. The van der Waals surface area contributed by atoms with Gasteiger partial charge in [0.25, 0.3) is 0 Å². The van der Waals surface area contributed by atoms with Crippen LogP contribution in [0.3, 0.4) is 0 Å². The van der Waals surface area contributed by atoms with Gasteiger partial charge in [-0.05, 0) is 36.5 Å². The van der Waals surface area contributed by atoms with Crippen molar-refractivity contribution in [3.63, 3.8) is 0 Å². The second-order valence-corrected chi connectivity index (χ2v) is 7.10. The lowest BCUT2D eigenvalue weighted by Gasteiger charge is -2.33. The molecule has 2 atom stereocenters. The quantitative estimate of drug-likeness (QED) is 0.839. The van der Waals surface area contributed by atoms with Crippen LogP contribution in [0.5, 0.6) is 0 Å². The summed E-state index contributed by atoms with van der Waals surface area (Å²) in [5.74, 6) is 0.998. The van der Waals surface area contributed by atoms with Crippen LogP contribution in [0.4, 0.5) is 0 Å². The number of amides is 1. The Morgan fingerprint density at radius 2 is 2.11 bits per heavy atom. The molecule has 0 saturated carbocycles. The summed E-state index contributed by atoms with van der Waals surface area (Å²) in [4.78, 5) is 14.1. The van der Waals surface area contributed by atoms with E-state index in [4.69, 9.17) is 0 Å². The Balaban J connectivity index is 2.40. The molecule has 0 aromatic heterocycles. The summed E-state index contributed by atoms with van der Waals surface area (Å²) < 4.78 is 0. The van der Waals surface area contributed by atoms with Crippen molar-refractivity contribution >= 4 is 5.91 Å². The molecule has 0 bridgehead atoms. The molecule has 3 nitrogen and oxygen atoms in total. The lowest BCUT2D eigenvalue weighted by molar-refractivity contribution is -0.134. The van der Waals surface area contributed by atoms with Crippen molar-refractivity contribution in [2.24, 2.45) is 17.3 Å². The van der Waals surface area contributed by atoms with Gasteiger partial charge in [0.15, 0.2) is 0 Å². The first kappa shape index (κ1) is 15.5. The van der Waals surface area contributed by atoms with E-state index in [-0.39, 0.29) is 17.9 Å². The summed E-state index contributed by atoms with van der Waals surface area (Å²) in [5, 5.41) is 9.19. The molecule has 1 aliphatic heterocycles. The number of aliphatic hydroxyl groups excluding tert-OH is 1. The summed E-state index contributed by atoms with van der Waals surface area (Å²) in [6.07, 6.45) is 3.81. The number of carbonyl (C=O) groups is 1. The zero-order valence-corrected chi connectivity index (χ0v) is 12.4. The summed E-state index contributed by atoms with van der Waals surface area (Å²) in [6, 6.07) is 0. The Morgan fingerprint density at radius 3 is 2.67 bits per heavy atom. The minimum atomic E-state index is 0.210. The van der Waals surface area contributed by atoms with Gasteiger partial charge in [-0.1, -0.05) is 27.7 Å². The molecular weight excluding hydrogens is 226 g/mol. The van der Waals surface area contributed by atoms with Gasteiger partial charge >= 0.3 is 0 Å². The van der Waals surface area contributed by atoms with E-state index in [1.54, 1.807) is 0 Å². The number of aliphatic hydroxyl groups is 1. The van der Waals surface area contributed by atoms with Crippen LogP contribution in [0.15, 0.2) is 0 Å². The lowest BCUT2D eigenvalue weighted by Crippen LogP contribution is -2.41. The standard InChI is InChI=1S/C15H29NO2/c1-12(9-15(2,3)4)8-14(18)16-7-5-6-13(10-16)11-17/h12-13,17H,5-11H2,1-4H3. The number of nitrogens with zero attached hydrogens (tertiary/aromatic N) is 1. The van der Waals surface area contributed by atoms with Gasteiger partial charge in [-0.3, -0.25) is 4.79 Å². The van der Waals surface area contributed by atoms with Crippen LogP contribution in [-0.2, 0) is 4.79 Å². The minimum absolute atomic E-state index is 0.210. The Labute approximate surface area is 112 Å². The molecule has 1 N–H and O–H groups in total. The molecule has 0 aliphatic carbocycles. The minimum Gasteiger partial charge on any atom is -0.396 e. The molecular formula is C15H29NO2. The molecule has 1 fully saturated rings. The lowest BCUT2D eigenvalue weighted by atomic mass is 9.84. The van der Waals surface area contributed by atoms with Gasteiger partial charge in [0, 0.05) is 26.1 Å². The fraction of sp³-hybridized carbons (Fsp3) is 0.933. The first-order valence-electron chi connectivity index (χ1n) is 7.20. The highest BCUT2D eigenvalue weighted by Gasteiger charge is 2.25. The van der Waals surface area contributed by atoms with Gasteiger partial charge in [0.2, 0.25) is 5.91 Å². The van der Waals surface area contributed by atoms with E-state index in [2.05, 4.69) is 27.7 Å². The second-order valence-electron chi connectivity index (χ2n) is 7.10. The van der Waals surface area contributed by atoms with Gasteiger partial charge in [-0.25, -0.2) is 0 Å². The maximum absolute atomic E-state index is 12.2. The Kier molecular flexibility index (Phi) is 5.64. The number of piperidine rings is 1. The molecule has 18 heavy (non-hydrogen) atoms. The second kappa shape index (κ2) is 6.55. The van der Waals surface area contributed by atoms with E-state index in [0.29, 0.717) is 18.3 Å². The number of hydrogen-bond acceptors (Lipinski definition) is 2. The highest BCUT2D eigenvalue weighted by atomic mass is 16.3. The fourth-order valence-corrected chi connectivity index (χ4v) is 2.99. The van der Waals surface area contributed by atoms with Crippen molar-refractivity contribution < 1.29 is 9.90 Å². The fourth-order valence-electron chi connectivity index (χ4n) is 2.99. The largest absolute Gasteiger partial charge is 0.396 e. The van der Waals surface area contributed by atoms with Crippen molar-refractivity contribution in [2.75, 3.05) is 19.7 Å². The van der Waals surface area contributed by atoms with Crippen LogP contribution in [0.25, 0.3) is 0 Å². The zero-order chi connectivity index (χ0) is 13.8. The van der Waals surface area contributed by atoms with Crippen LogP contribution in [0, 0.1) is 17.3 Å². The predicted molar refractivity (Wildman–Crippen MR) is 74.2 cm³/mol. The third-order valence-corrected chi connectivity index (χ3v) is 3.61. The number of carbonyl (C=O) groups excluding carboxylic acids is 1. The molecule has 1 aliphatic rings. The van der Waals surface area contributed by atoms with Gasteiger partial charge < -0.3 is 10.0 Å². The average molecular weight is 255 g/mol. The molecule has 0 radical (unpaired) electrons. The third-order valence-electron chi connectivity index (χ3n) is 3.61. The summed E-state index contributed by atoms with van der Waals surface area (Å²) in [5.41, 5.74) is 0.287. The van der Waals surface area contributed by atoms with E-state index >= 15 is 0 Å². The van der Waals surface area contributed by atoms with Crippen molar-refractivity contribution in [1.29, 1.82) is 0 Å². The first-order chi connectivity index (χ1) is 8.31. The normalized spacial score (nSPS) is 22.9. The molecule has 0 aromatic carbocycles.